The normalized spacial score (nSPS) is 10.3. The standard InChI is InChI=1S/C25H24O5/c1-2-17-28-22-12-8-21(9-13-22)25(27)30-23-14-10-20(11-15-23)24(26)29-18-16-19-6-4-3-5-7-19/h3-15H,2,16-18H2,1H3. The molecule has 0 aliphatic heterocycles. The van der Waals surface area contributed by atoms with Crippen molar-refractivity contribution in [2.75, 3.05) is 13.2 Å². The van der Waals surface area contributed by atoms with Gasteiger partial charge in [0.25, 0.3) is 0 Å². The van der Waals surface area contributed by atoms with Crippen LogP contribution in [0.25, 0.3) is 0 Å². The molecule has 0 aliphatic carbocycles. The van der Waals surface area contributed by atoms with Crippen molar-refractivity contribution in [3.63, 3.8) is 0 Å². The predicted octanol–water partition coefficient (Wildman–Crippen LogP) is 5.09. The van der Waals surface area contributed by atoms with Gasteiger partial charge in [0.1, 0.15) is 11.5 Å². The molecule has 0 radical (unpaired) electrons. The van der Waals surface area contributed by atoms with Gasteiger partial charge in [-0.1, -0.05) is 37.3 Å². The van der Waals surface area contributed by atoms with Crippen molar-refractivity contribution in [1.29, 1.82) is 0 Å². The van der Waals surface area contributed by atoms with Crippen molar-refractivity contribution in [2.45, 2.75) is 19.8 Å². The van der Waals surface area contributed by atoms with Crippen LogP contribution in [0, 0.1) is 0 Å². The van der Waals surface area contributed by atoms with E-state index in [0.717, 1.165) is 12.0 Å². The lowest BCUT2D eigenvalue weighted by atomic mass is 10.2. The summed E-state index contributed by atoms with van der Waals surface area (Å²) in [4.78, 5) is 24.4. The minimum absolute atomic E-state index is 0.303. The topological polar surface area (TPSA) is 61.8 Å². The predicted molar refractivity (Wildman–Crippen MR) is 114 cm³/mol. The number of hydrogen-bond acceptors (Lipinski definition) is 5. The molecule has 0 saturated carbocycles. The lowest BCUT2D eigenvalue weighted by Crippen LogP contribution is -2.10. The average molecular weight is 404 g/mol. The van der Waals surface area contributed by atoms with Crippen LogP contribution >= 0.6 is 0 Å². The van der Waals surface area contributed by atoms with E-state index in [2.05, 4.69) is 0 Å². The molecule has 0 bridgehead atoms. The number of esters is 2. The highest BCUT2D eigenvalue weighted by Crippen LogP contribution is 2.17. The molecule has 3 rings (SSSR count). The minimum atomic E-state index is -0.477. The van der Waals surface area contributed by atoms with Gasteiger partial charge in [-0.3, -0.25) is 0 Å². The first kappa shape index (κ1) is 21.1. The van der Waals surface area contributed by atoms with E-state index in [0.29, 0.717) is 42.3 Å². The summed E-state index contributed by atoms with van der Waals surface area (Å²) in [6.07, 6.45) is 1.57. The van der Waals surface area contributed by atoms with Gasteiger partial charge in [0.2, 0.25) is 0 Å². The van der Waals surface area contributed by atoms with Gasteiger partial charge < -0.3 is 14.2 Å². The van der Waals surface area contributed by atoms with Gasteiger partial charge in [-0.05, 0) is 60.5 Å². The SMILES string of the molecule is CCCOc1ccc(C(=O)Oc2ccc(C(=O)OCCc3ccccc3)cc2)cc1. The lowest BCUT2D eigenvalue weighted by Gasteiger charge is -2.08. The van der Waals surface area contributed by atoms with Gasteiger partial charge >= 0.3 is 11.9 Å². The molecule has 154 valence electrons. The molecule has 0 fully saturated rings. The van der Waals surface area contributed by atoms with E-state index in [1.165, 1.54) is 0 Å². The number of hydrogen-bond donors (Lipinski definition) is 0. The molecular formula is C25H24O5. The zero-order valence-electron chi connectivity index (χ0n) is 16.9. The van der Waals surface area contributed by atoms with Crippen LogP contribution in [0.2, 0.25) is 0 Å². The number of benzene rings is 3. The molecule has 0 heterocycles. The van der Waals surface area contributed by atoms with Gasteiger partial charge in [0.05, 0.1) is 24.3 Å². The Morgan fingerprint density at radius 2 is 1.30 bits per heavy atom. The van der Waals surface area contributed by atoms with Gasteiger partial charge in [0.15, 0.2) is 0 Å². The van der Waals surface area contributed by atoms with Gasteiger partial charge in [-0.25, -0.2) is 9.59 Å². The molecule has 0 aromatic heterocycles. The quantitative estimate of drug-likeness (QED) is 0.367. The molecule has 0 aliphatic rings. The first-order valence-corrected chi connectivity index (χ1v) is 9.92. The highest BCUT2D eigenvalue weighted by molar-refractivity contribution is 5.92. The monoisotopic (exact) mass is 404 g/mol. The number of ether oxygens (including phenoxy) is 3. The summed E-state index contributed by atoms with van der Waals surface area (Å²) in [6, 6.07) is 22.9. The molecule has 0 amide bonds. The molecular weight excluding hydrogens is 380 g/mol. The zero-order valence-corrected chi connectivity index (χ0v) is 16.9. The van der Waals surface area contributed by atoms with E-state index >= 15 is 0 Å². The number of carbonyl (C=O) groups is 2. The highest BCUT2D eigenvalue weighted by atomic mass is 16.5. The van der Waals surface area contributed by atoms with Crippen LogP contribution in [0.1, 0.15) is 39.6 Å². The Bertz CT molecular complexity index is 947. The van der Waals surface area contributed by atoms with Crippen LogP contribution < -0.4 is 9.47 Å². The van der Waals surface area contributed by atoms with Gasteiger partial charge in [-0.15, -0.1) is 0 Å². The van der Waals surface area contributed by atoms with Crippen LogP contribution in [0.15, 0.2) is 78.9 Å². The highest BCUT2D eigenvalue weighted by Gasteiger charge is 2.11. The summed E-state index contributed by atoms with van der Waals surface area (Å²) in [6.45, 7) is 2.96. The summed E-state index contributed by atoms with van der Waals surface area (Å²) in [7, 11) is 0. The molecule has 0 N–H and O–H groups in total. The first-order chi connectivity index (χ1) is 14.7. The Morgan fingerprint density at radius 3 is 1.93 bits per heavy atom. The van der Waals surface area contributed by atoms with E-state index in [4.69, 9.17) is 14.2 Å². The molecule has 0 spiro atoms. The summed E-state index contributed by atoms with van der Waals surface area (Å²) in [5.74, 6) is 0.178. The van der Waals surface area contributed by atoms with Crippen molar-refractivity contribution in [3.05, 3.63) is 95.6 Å². The van der Waals surface area contributed by atoms with E-state index < -0.39 is 11.9 Å². The maximum Gasteiger partial charge on any atom is 0.343 e. The summed E-state index contributed by atoms with van der Waals surface area (Å²) >= 11 is 0. The Hall–Kier alpha value is -3.60. The van der Waals surface area contributed by atoms with Crippen LogP contribution in [-0.4, -0.2) is 25.2 Å². The Balaban J connectivity index is 1.49. The average Bonchev–Trinajstić information content (AvgIpc) is 2.79. The van der Waals surface area contributed by atoms with Crippen molar-refractivity contribution in [3.8, 4) is 11.5 Å². The third-order valence-electron chi connectivity index (χ3n) is 4.33. The summed E-state index contributed by atoms with van der Waals surface area (Å²) in [5, 5.41) is 0. The molecule has 3 aromatic carbocycles. The fourth-order valence-electron chi connectivity index (χ4n) is 2.72. The third-order valence-corrected chi connectivity index (χ3v) is 4.33. The van der Waals surface area contributed by atoms with E-state index in [-0.39, 0.29) is 0 Å². The number of carbonyl (C=O) groups excluding carboxylic acids is 2. The van der Waals surface area contributed by atoms with Crippen LogP contribution in [0.5, 0.6) is 11.5 Å². The third kappa shape index (κ3) is 6.21. The van der Waals surface area contributed by atoms with Crippen molar-refractivity contribution in [1.82, 2.24) is 0 Å². The second-order valence-electron chi connectivity index (χ2n) is 6.66. The van der Waals surface area contributed by atoms with Gasteiger partial charge in [-0.2, -0.15) is 0 Å². The summed E-state index contributed by atoms with van der Waals surface area (Å²) < 4.78 is 16.2. The van der Waals surface area contributed by atoms with Crippen LogP contribution in [0.3, 0.4) is 0 Å². The number of rotatable bonds is 9. The van der Waals surface area contributed by atoms with Crippen molar-refractivity contribution < 1.29 is 23.8 Å². The molecule has 0 atom stereocenters. The maximum atomic E-state index is 12.3. The molecule has 0 saturated heterocycles. The Kier molecular flexibility index (Phi) is 7.61. The molecule has 5 nitrogen and oxygen atoms in total. The van der Waals surface area contributed by atoms with Crippen LogP contribution in [0.4, 0.5) is 0 Å². The van der Waals surface area contributed by atoms with Gasteiger partial charge in [0, 0.05) is 6.42 Å². The van der Waals surface area contributed by atoms with Crippen molar-refractivity contribution >= 4 is 11.9 Å². The Morgan fingerprint density at radius 1 is 0.700 bits per heavy atom. The van der Waals surface area contributed by atoms with Crippen molar-refractivity contribution in [2.24, 2.45) is 0 Å². The molecule has 30 heavy (non-hydrogen) atoms. The molecule has 5 heteroatoms. The first-order valence-electron chi connectivity index (χ1n) is 9.92. The smallest absolute Gasteiger partial charge is 0.343 e. The molecule has 3 aromatic rings. The fourth-order valence-corrected chi connectivity index (χ4v) is 2.72. The zero-order chi connectivity index (χ0) is 21.2. The molecule has 0 unspecified atom stereocenters. The maximum absolute atomic E-state index is 12.3. The van der Waals surface area contributed by atoms with Crippen LogP contribution in [-0.2, 0) is 11.2 Å². The lowest BCUT2D eigenvalue weighted by molar-refractivity contribution is 0.0509. The minimum Gasteiger partial charge on any atom is -0.494 e. The largest absolute Gasteiger partial charge is 0.494 e. The second-order valence-corrected chi connectivity index (χ2v) is 6.66. The van der Waals surface area contributed by atoms with E-state index in [1.54, 1.807) is 48.5 Å². The van der Waals surface area contributed by atoms with E-state index in [9.17, 15) is 9.59 Å². The Labute approximate surface area is 176 Å². The van der Waals surface area contributed by atoms with E-state index in [1.807, 2.05) is 37.3 Å². The summed E-state index contributed by atoms with van der Waals surface area (Å²) in [5.41, 5.74) is 1.93. The second kappa shape index (κ2) is 10.8. The fraction of sp³-hybridized carbons (Fsp3) is 0.200.